The Morgan fingerprint density at radius 1 is 1.35 bits per heavy atom. The molecule has 1 unspecified atom stereocenters. The van der Waals surface area contributed by atoms with Crippen molar-refractivity contribution in [3.8, 4) is 5.75 Å². The molecule has 0 saturated carbocycles. The van der Waals surface area contributed by atoms with Crippen LogP contribution in [-0.2, 0) is 6.42 Å². The van der Waals surface area contributed by atoms with Crippen molar-refractivity contribution in [1.82, 2.24) is 10.4 Å². The Morgan fingerprint density at radius 2 is 2.20 bits per heavy atom. The Hall–Kier alpha value is -1.98. The number of nitrogens with zero attached hydrogens (tertiary/aromatic N) is 1. The van der Waals surface area contributed by atoms with Gasteiger partial charge in [-0.3, -0.25) is 16.3 Å². The number of nitrogens with two attached hydrogens (primary N) is 1. The lowest BCUT2D eigenvalue weighted by molar-refractivity contribution is 0.378. The molecule has 1 heterocycles. The fraction of sp³-hybridized carbons (Fsp3) is 0.267. The zero-order valence-corrected chi connectivity index (χ0v) is 11.3. The van der Waals surface area contributed by atoms with Crippen molar-refractivity contribution in [1.29, 1.82) is 0 Å². The van der Waals surface area contributed by atoms with Gasteiger partial charge >= 0.3 is 0 Å². The van der Waals surface area contributed by atoms with Gasteiger partial charge in [0.15, 0.2) is 11.6 Å². The molecule has 4 nitrogen and oxygen atoms in total. The summed E-state index contributed by atoms with van der Waals surface area (Å²) < 4.78 is 19.2. The van der Waals surface area contributed by atoms with Crippen LogP contribution >= 0.6 is 0 Å². The molecule has 5 heteroatoms. The van der Waals surface area contributed by atoms with Gasteiger partial charge in [-0.2, -0.15) is 0 Å². The van der Waals surface area contributed by atoms with Gasteiger partial charge < -0.3 is 4.74 Å². The van der Waals surface area contributed by atoms with Crippen LogP contribution in [0.4, 0.5) is 4.39 Å². The first kappa shape index (κ1) is 14.4. The van der Waals surface area contributed by atoms with Gasteiger partial charge in [0.2, 0.25) is 0 Å². The van der Waals surface area contributed by atoms with E-state index in [1.54, 1.807) is 30.6 Å². The second-order valence-corrected chi connectivity index (χ2v) is 4.48. The first-order valence-corrected chi connectivity index (χ1v) is 6.43. The number of hydrazine groups is 1. The van der Waals surface area contributed by atoms with Crippen LogP contribution in [0.5, 0.6) is 5.75 Å². The fourth-order valence-electron chi connectivity index (χ4n) is 2.14. The average molecular weight is 275 g/mol. The van der Waals surface area contributed by atoms with Gasteiger partial charge in [-0.25, -0.2) is 4.39 Å². The van der Waals surface area contributed by atoms with Gasteiger partial charge in [0.05, 0.1) is 7.11 Å². The highest BCUT2D eigenvalue weighted by atomic mass is 19.1. The number of hydrogen-bond donors (Lipinski definition) is 2. The normalized spacial score (nSPS) is 12.2. The third kappa shape index (κ3) is 3.31. The molecule has 0 aliphatic rings. The summed E-state index contributed by atoms with van der Waals surface area (Å²) in [6.07, 6.45) is 4.96. The van der Waals surface area contributed by atoms with Crippen molar-refractivity contribution >= 4 is 0 Å². The van der Waals surface area contributed by atoms with Crippen LogP contribution in [0, 0.1) is 5.82 Å². The largest absolute Gasteiger partial charge is 0.494 e. The number of halogens is 1. The van der Waals surface area contributed by atoms with E-state index in [0.29, 0.717) is 12.0 Å². The molecule has 0 bridgehead atoms. The van der Waals surface area contributed by atoms with Gasteiger partial charge in [0.1, 0.15) is 0 Å². The van der Waals surface area contributed by atoms with Crippen molar-refractivity contribution in [2.75, 3.05) is 7.11 Å². The number of rotatable bonds is 6. The Labute approximate surface area is 117 Å². The van der Waals surface area contributed by atoms with Crippen LogP contribution in [0.2, 0.25) is 0 Å². The molecule has 1 aromatic heterocycles. The van der Waals surface area contributed by atoms with E-state index in [2.05, 4.69) is 10.4 Å². The molecular formula is C15H18FN3O. The molecule has 1 atom stereocenters. The van der Waals surface area contributed by atoms with Crippen molar-refractivity contribution in [2.45, 2.75) is 18.9 Å². The molecule has 106 valence electrons. The van der Waals surface area contributed by atoms with E-state index in [0.717, 1.165) is 12.0 Å². The van der Waals surface area contributed by atoms with Gasteiger partial charge in [0.25, 0.3) is 0 Å². The number of benzene rings is 1. The first-order valence-electron chi connectivity index (χ1n) is 6.43. The van der Waals surface area contributed by atoms with E-state index >= 15 is 0 Å². The lowest BCUT2D eigenvalue weighted by Gasteiger charge is -2.18. The van der Waals surface area contributed by atoms with Crippen molar-refractivity contribution in [2.24, 2.45) is 5.84 Å². The molecule has 0 saturated heterocycles. The number of aryl methyl sites for hydroxylation is 1. The SMILES string of the molecule is COc1cccc(C(CCc2cccnc2)NN)c1F. The van der Waals surface area contributed by atoms with E-state index in [-0.39, 0.29) is 17.6 Å². The topological polar surface area (TPSA) is 60.2 Å². The third-order valence-corrected chi connectivity index (χ3v) is 3.23. The molecule has 0 aliphatic heterocycles. The number of pyridine rings is 1. The van der Waals surface area contributed by atoms with Gasteiger partial charge in [-0.05, 0) is 30.5 Å². The lowest BCUT2D eigenvalue weighted by Crippen LogP contribution is -2.29. The highest BCUT2D eigenvalue weighted by molar-refractivity contribution is 5.33. The monoisotopic (exact) mass is 275 g/mol. The summed E-state index contributed by atoms with van der Waals surface area (Å²) in [5.41, 5.74) is 4.27. The zero-order valence-electron chi connectivity index (χ0n) is 11.3. The minimum atomic E-state index is -0.371. The molecule has 3 N–H and O–H groups in total. The molecule has 2 rings (SSSR count). The molecule has 0 amide bonds. The smallest absolute Gasteiger partial charge is 0.169 e. The first-order chi connectivity index (χ1) is 9.76. The zero-order chi connectivity index (χ0) is 14.4. The number of nitrogens with one attached hydrogen (secondary N) is 1. The summed E-state index contributed by atoms with van der Waals surface area (Å²) >= 11 is 0. The van der Waals surface area contributed by atoms with Crippen LogP contribution in [-0.4, -0.2) is 12.1 Å². The summed E-state index contributed by atoms with van der Waals surface area (Å²) in [6, 6.07) is 8.66. The van der Waals surface area contributed by atoms with Crippen molar-refractivity contribution in [3.63, 3.8) is 0 Å². The molecule has 2 aromatic rings. The molecule has 0 radical (unpaired) electrons. The summed E-state index contributed by atoms with van der Waals surface area (Å²) in [7, 11) is 1.45. The minimum Gasteiger partial charge on any atom is -0.494 e. The van der Waals surface area contributed by atoms with Crippen LogP contribution in [0.3, 0.4) is 0 Å². The van der Waals surface area contributed by atoms with Crippen LogP contribution in [0.25, 0.3) is 0 Å². The predicted octanol–water partition coefficient (Wildman–Crippen LogP) is 2.37. The van der Waals surface area contributed by atoms with Crippen molar-refractivity contribution < 1.29 is 9.13 Å². The van der Waals surface area contributed by atoms with Crippen LogP contribution in [0.15, 0.2) is 42.7 Å². The maximum atomic E-state index is 14.2. The Kier molecular flexibility index (Phi) is 5.03. The number of hydrogen-bond acceptors (Lipinski definition) is 4. The Bertz CT molecular complexity index is 548. The molecule has 20 heavy (non-hydrogen) atoms. The molecule has 0 spiro atoms. The van der Waals surface area contributed by atoms with Gasteiger partial charge in [-0.15, -0.1) is 0 Å². The molecule has 0 aliphatic carbocycles. The second-order valence-electron chi connectivity index (χ2n) is 4.48. The predicted molar refractivity (Wildman–Crippen MR) is 75.6 cm³/mol. The summed E-state index contributed by atoms with van der Waals surface area (Å²) in [5.74, 6) is 5.41. The maximum absolute atomic E-state index is 14.2. The van der Waals surface area contributed by atoms with Gasteiger partial charge in [-0.1, -0.05) is 18.2 Å². The Morgan fingerprint density at radius 3 is 2.85 bits per heavy atom. The summed E-state index contributed by atoms with van der Waals surface area (Å²) in [5, 5.41) is 0. The highest BCUT2D eigenvalue weighted by Crippen LogP contribution is 2.27. The number of methoxy groups -OCH3 is 1. The van der Waals surface area contributed by atoms with E-state index in [1.165, 1.54) is 7.11 Å². The van der Waals surface area contributed by atoms with E-state index in [4.69, 9.17) is 10.6 Å². The molecular weight excluding hydrogens is 257 g/mol. The average Bonchev–Trinajstić information content (AvgIpc) is 2.50. The minimum absolute atomic E-state index is 0.226. The van der Waals surface area contributed by atoms with E-state index in [9.17, 15) is 4.39 Å². The molecule has 1 aromatic carbocycles. The standard InChI is InChI=1S/C15H18FN3O/c1-20-14-6-2-5-12(15(14)16)13(19-17)8-7-11-4-3-9-18-10-11/h2-6,9-10,13,19H,7-8,17H2,1H3. The van der Waals surface area contributed by atoms with Crippen LogP contribution < -0.4 is 16.0 Å². The van der Waals surface area contributed by atoms with Gasteiger partial charge in [0, 0.05) is 24.0 Å². The lowest BCUT2D eigenvalue weighted by atomic mass is 9.99. The highest BCUT2D eigenvalue weighted by Gasteiger charge is 2.17. The summed E-state index contributed by atoms with van der Waals surface area (Å²) in [4.78, 5) is 4.06. The Balaban J connectivity index is 2.12. The quantitative estimate of drug-likeness (QED) is 0.627. The second kappa shape index (κ2) is 6.98. The fourth-order valence-corrected chi connectivity index (χ4v) is 2.14. The third-order valence-electron chi connectivity index (χ3n) is 3.23. The number of aromatic nitrogens is 1. The number of ether oxygens (including phenoxy) is 1. The van der Waals surface area contributed by atoms with E-state index in [1.807, 2.05) is 12.1 Å². The van der Waals surface area contributed by atoms with Crippen LogP contribution in [0.1, 0.15) is 23.6 Å². The summed E-state index contributed by atoms with van der Waals surface area (Å²) in [6.45, 7) is 0. The van der Waals surface area contributed by atoms with E-state index < -0.39 is 0 Å². The maximum Gasteiger partial charge on any atom is 0.169 e. The molecule has 0 fully saturated rings. The van der Waals surface area contributed by atoms with Crippen molar-refractivity contribution in [3.05, 3.63) is 59.7 Å².